The Morgan fingerprint density at radius 1 is 0.905 bits per heavy atom. The normalized spacial score (nSPS) is 10.8. The van der Waals surface area contributed by atoms with E-state index in [1.54, 1.807) is 0 Å². The molecule has 1 nitrogen and oxygen atoms in total. The number of benzene rings is 3. The lowest BCUT2D eigenvalue weighted by atomic mass is 10.1. The summed E-state index contributed by atoms with van der Waals surface area (Å²) in [5.41, 5.74) is 0.970. The summed E-state index contributed by atoms with van der Waals surface area (Å²) in [7, 11) is 0. The highest BCUT2D eigenvalue weighted by Gasteiger charge is 2.05. The van der Waals surface area contributed by atoms with Crippen molar-refractivity contribution in [3.63, 3.8) is 0 Å². The van der Waals surface area contributed by atoms with E-state index in [0.717, 1.165) is 26.6 Å². The highest BCUT2D eigenvalue weighted by Crippen LogP contribution is 2.32. The van der Waals surface area contributed by atoms with Crippen LogP contribution in [0.1, 0.15) is 5.56 Å². The zero-order valence-corrected chi connectivity index (χ0v) is 14.0. The molecule has 0 unspecified atom stereocenters. The van der Waals surface area contributed by atoms with Gasteiger partial charge in [-0.05, 0) is 52.7 Å². The summed E-state index contributed by atoms with van der Waals surface area (Å²) in [6, 6.07) is 17.6. The molecule has 0 fully saturated rings. The molecule has 0 radical (unpaired) electrons. The topological polar surface area (TPSA) is 9.23 Å². The number of alkyl halides is 1. The van der Waals surface area contributed by atoms with Gasteiger partial charge < -0.3 is 4.74 Å². The molecule has 0 aliphatic rings. The maximum absolute atomic E-state index is 6.21. The molecule has 3 rings (SSSR count). The number of rotatable bonds is 3. The van der Waals surface area contributed by atoms with Crippen LogP contribution in [0, 0.1) is 0 Å². The van der Waals surface area contributed by atoms with Gasteiger partial charge in [-0.25, -0.2) is 0 Å². The molecular formula is C17H11BrCl2O. The zero-order valence-electron chi connectivity index (χ0n) is 10.9. The fraction of sp³-hybridized carbons (Fsp3) is 0.0588. The second kappa shape index (κ2) is 6.27. The van der Waals surface area contributed by atoms with Gasteiger partial charge in [0.1, 0.15) is 11.5 Å². The zero-order chi connectivity index (χ0) is 14.8. The molecule has 0 N–H and O–H groups in total. The standard InChI is InChI=1S/C17H11BrCl2O/c18-14-4-2-13-9-15(5-3-12(13)8-14)21-17-6-1-11(10-19)7-16(17)20/h1-9H,10H2. The Balaban J connectivity index is 1.92. The monoisotopic (exact) mass is 380 g/mol. The van der Waals surface area contributed by atoms with Crippen molar-refractivity contribution in [1.82, 2.24) is 0 Å². The summed E-state index contributed by atoms with van der Waals surface area (Å²) in [4.78, 5) is 0. The first-order valence-corrected chi connectivity index (χ1v) is 8.08. The van der Waals surface area contributed by atoms with Crippen LogP contribution in [0.4, 0.5) is 0 Å². The predicted molar refractivity (Wildman–Crippen MR) is 92.7 cm³/mol. The second-order valence-corrected chi connectivity index (χ2v) is 6.24. The van der Waals surface area contributed by atoms with Crippen molar-refractivity contribution in [3.05, 3.63) is 69.7 Å². The Morgan fingerprint density at radius 3 is 2.43 bits per heavy atom. The number of fused-ring (bicyclic) bond motifs is 1. The smallest absolute Gasteiger partial charge is 0.146 e. The Morgan fingerprint density at radius 2 is 1.67 bits per heavy atom. The Kier molecular flexibility index (Phi) is 4.39. The second-order valence-electron chi connectivity index (χ2n) is 4.65. The first-order valence-electron chi connectivity index (χ1n) is 6.37. The van der Waals surface area contributed by atoms with Crippen molar-refractivity contribution in [2.75, 3.05) is 0 Å². The summed E-state index contributed by atoms with van der Waals surface area (Å²) in [6.45, 7) is 0. The average Bonchev–Trinajstić information content (AvgIpc) is 2.49. The van der Waals surface area contributed by atoms with Gasteiger partial charge in [0, 0.05) is 10.4 Å². The Labute approximate surface area is 141 Å². The van der Waals surface area contributed by atoms with Crippen LogP contribution < -0.4 is 4.74 Å². The molecule has 0 aromatic heterocycles. The van der Waals surface area contributed by atoms with Gasteiger partial charge in [0.15, 0.2) is 0 Å². The van der Waals surface area contributed by atoms with Crippen molar-refractivity contribution < 1.29 is 4.74 Å². The molecular weight excluding hydrogens is 371 g/mol. The van der Waals surface area contributed by atoms with E-state index in [4.69, 9.17) is 27.9 Å². The summed E-state index contributed by atoms with van der Waals surface area (Å²) >= 11 is 15.5. The van der Waals surface area contributed by atoms with E-state index in [0.29, 0.717) is 16.7 Å². The van der Waals surface area contributed by atoms with E-state index < -0.39 is 0 Å². The maximum Gasteiger partial charge on any atom is 0.146 e. The molecule has 0 saturated carbocycles. The third-order valence-electron chi connectivity index (χ3n) is 3.15. The lowest BCUT2D eigenvalue weighted by molar-refractivity contribution is 0.483. The fourth-order valence-electron chi connectivity index (χ4n) is 2.10. The molecule has 0 heterocycles. The van der Waals surface area contributed by atoms with Crippen LogP contribution in [0.25, 0.3) is 10.8 Å². The Bertz CT molecular complexity index is 802. The van der Waals surface area contributed by atoms with Crippen molar-refractivity contribution in [2.45, 2.75) is 5.88 Å². The van der Waals surface area contributed by atoms with E-state index in [1.165, 1.54) is 0 Å². The molecule has 0 aliphatic carbocycles. The SMILES string of the molecule is ClCc1ccc(Oc2ccc3cc(Br)ccc3c2)c(Cl)c1. The van der Waals surface area contributed by atoms with Crippen molar-refractivity contribution in [2.24, 2.45) is 0 Å². The van der Waals surface area contributed by atoms with Gasteiger partial charge in [0.25, 0.3) is 0 Å². The van der Waals surface area contributed by atoms with Crippen molar-refractivity contribution in [1.29, 1.82) is 0 Å². The van der Waals surface area contributed by atoms with E-state index in [2.05, 4.69) is 22.0 Å². The highest BCUT2D eigenvalue weighted by molar-refractivity contribution is 9.10. The molecule has 3 aromatic rings. The van der Waals surface area contributed by atoms with Gasteiger partial charge in [-0.1, -0.05) is 45.7 Å². The van der Waals surface area contributed by atoms with Gasteiger partial charge in [-0.3, -0.25) is 0 Å². The number of ether oxygens (including phenoxy) is 1. The van der Waals surface area contributed by atoms with Crippen LogP contribution in [0.5, 0.6) is 11.5 Å². The van der Waals surface area contributed by atoms with Crippen LogP contribution in [0.15, 0.2) is 59.1 Å². The van der Waals surface area contributed by atoms with E-state index in [1.807, 2.05) is 48.5 Å². The number of hydrogen-bond acceptors (Lipinski definition) is 1. The molecule has 0 atom stereocenters. The lowest BCUT2D eigenvalue weighted by Gasteiger charge is -2.09. The van der Waals surface area contributed by atoms with E-state index in [-0.39, 0.29) is 0 Å². The maximum atomic E-state index is 6.21. The Hall–Kier alpha value is -1.22. The molecule has 106 valence electrons. The minimum absolute atomic E-state index is 0.435. The summed E-state index contributed by atoms with van der Waals surface area (Å²) < 4.78 is 6.92. The minimum Gasteiger partial charge on any atom is -0.456 e. The summed E-state index contributed by atoms with van der Waals surface area (Å²) in [5.74, 6) is 1.82. The quantitative estimate of drug-likeness (QED) is 0.454. The molecule has 3 aromatic carbocycles. The summed E-state index contributed by atoms with van der Waals surface area (Å²) in [6.07, 6.45) is 0. The van der Waals surface area contributed by atoms with Gasteiger partial charge in [-0.15, -0.1) is 11.6 Å². The summed E-state index contributed by atoms with van der Waals surface area (Å²) in [5, 5.41) is 2.83. The highest BCUT2D eigenvalue weighted by atomic mass is 79.9. The van der Waals surface area contributed by atoms with Crippen LogP contribution >= 0.6 is 39.1 Å². The van der Waals surface area contributed by atoms with E-state index >= 15 is 0 Å². The number of hydrogen-bond donors (Lipinski definition) is 0. The first-order chi connectivity index (χ1) is 10.2. The molecule has 4 heteroatoms. The molecule has 0 bridgehead atoms. The average molecular weight is 382 g/mol. The molecule has 21 heavy (non-hydrogen) atoms. The van der Waals surface area contributed by atoms with Crippen LogP contribution in [0.2, 0.25) is 5.02 Å². The van der Waals surface area contributed by atoms with Crippen molar-refractivity contribution >= 4 is 49.9 Å². The number of halogens is 3. The van der Waals surface area contributed by atoms with Crippen molar-refractivity contribution in [3.8, 4) is 11.5 Å². The third kappa shape index (κ3) is 3.34. The predicted octanol–water partition coefficient (Wildman–Crippen LogP) is 6.79. The van der Waals surface area contributed by atoms with Gasteiger partial charge >= 0.3 is 0 Å². The first kappa shape index (κ1) is 14.7. The van der Waals surface area contributed by atoms with Crippen LogP contribution in [0.3, 0.4) is 0 Å². The third-order valence-corrected chi connectivity index (χ3v) is 4.25. The van der Waals surface area contributed by atoms with Crippen LogP contribution in [-0.2, 0) is 5.88 Å². The fourth-order valence-corrected chi connectivity index (χ4v) is 2.88. The van der Waals surface area contributed by atoms with Gasteiger partial charge in [0.2, 0.25) is 0 Å². The van der Waals surface area contributed by atoms with Gasteiger partial charge in [0.05, 0.1) is 5.02 Å². The van der Waals surface area contributed by atoms with Crippen LogP contribution in [-0.4, -0.2) is 0 Å². The molecule has 0 aliphatic heterocycles. The molecule has 0 saturated heterocycles. The molecule has 0 amide bonds. The largest absolute Gasteiger partial charge is 0.456 e. The van der Waals surface area contributed by atoms with E-state index in [9.17, 15) is 0 Å². The lowest BCUT2D eigenvalue weighted by Crippen LogP contribution is -1.87. The minimum atomic E-state index is 0.435. The molecule has 0 spiro atoms. The van der Waals surface area contributed by atoms with Gasteiger partial charge in [-0.2, -0.15) is 0 Å².